The number of thiophene rings is 1. The van der Waals surface area contributed by atoms with Crippen LogP contribution in [-0.2, 0) is 6.42 Å². The molecule has 0 aliphatic carbocycles. The molecule has 1 N–H and O–H groups in total. The molecule has 0 atom stereocenters. The lowest BCUT2D eigenvalue weighted by molar-refractivity contribution is 0.556. The Morgan fingerprint density at radius 1 is 0.947 bits per heavy atom. The molecule has 0 saturated heterocycles. The summed E-state index contributed by atoms with van der Waals surface area (Å²) in [6.45, 7) is 4.57. The predicted octanol–water partition coefficient (Wildman–Crippen LogP) is 5.78. The van der Waals surface area contributed by atoms with Gasteiger partial charge in [0.15, 0.2) is 0 Å². The molecule has 0 aliphatic rings. The van der Waals surface area contributed by atoms with Gasteiger partial charge in [-0.2, -0.15) is 0 Å². The van der Waals surface area contributed by atoms with Gasteiger partial charge in [0, 0.05) is 4.88 Å². The van der Waals surface area contributed by atoms with Gasteiger partial charge in [-0.15, -0.1) is 11.3 Å². The second kappa shape index (κ2) is 11.9. The molecule has 0 saturated carbocycles. The van der Waals surface area contributed by atoms with Gasteiger partial charge in [0.05, 0.1) is 3.79 Å². The number of unbranched alkanes of at least 4 members (excludes halogenated alkanes) is 7. The normalized spacial score (nSPS) is 11.1. The quantitative estimate of drug-likeness (QED) is 0.473. The van der Waals surface area contributed by atoms with Crippen LogP contribution in [0.25, 0.3) is 0 Å². The van der Waals surface area contributed by atoms with Crippen molar-refractivity contribution in [1.29, 1.82) is 0 Å². The Balaban J connectivity index is 1.79. The van der Waals surface area contributed by atoms with Gasteiger partial charge < -0.3 is 5.32 Å². The summed E-state index contributed by atoms with van der Waals surface area (Å²) in [6, 6.07) is 4.35. The lowest BCUT2D eigenvalue weighted by Gasteiger charge is -2.04. The smallest absolute Gasteiger partial charge is 0.0701 e. The number of rotatable bonds is 12. The fourth-order valence-electron chi connectivity index (χ4n) is 2.21. The van der Waals surface area contributed by atoms with E-state index in [2.05, 4.69) is 40.3 Å². The van der Waals surface area contributed by atoms with Crippen molar-refractivity contribution in [2.45, 2.75) is 64.7 Å². The minimum absolute atomic E-state index is 1.11. The number of nitrogens with one attached hydrogen (secondary N) is 1. The molecule has 1 rings (SSSR count). The van der Waals surface area contributed by atoms with Gasteiger partial charge in [0.25, 0.3) is 0 Å². The Morgan fingerprint density at radius 2 is 1.63 bits per heavy atom. The summed E-state index contributed by atoms with van der Waals surface area (Å²) in [5.74, 6) is 0. The summed E-state index contributed by atoms with van der Waals surface area (Å²) in [7, 11) is 0. The Labute approximate surface area is 131 Å². The third kappa shape index (κ3) is 9.64. The van der Waals surface area contributed by atoms with E-state index in [4.69, 9.17) is 0 Å². The third-order valence-corrected chi connectivity index (χ3v) is 5.07. The van der Waals surface area contributed by atoms with E-state index in [1.807, 2.05) is 11.3 Å². The fourth-order valence-corrected chi connectivity index (χ4v) is 3.69. The van der Waals surface area contributed by atoms with Crippen LogP contribution in [0.1, 0.15) is 63.2 Å². The molecular formula is C16H28BrNS. The van der Waals surface area contributed by atoms with Crippen LogP contribution in [0.4, 0.5) is 0 Å². The molecule has 0 radical (unpaired) electrons. The van der Waals surface area contributed by atoms with Crippen LogP contribution in [0.5, 0.6) is 0 Å². The second-order valence-electron chi connectivity index (χ2n) is 5.18. The lowest BCUT2D eigenvalue weighted by atomic mass is 10.1. The highest BCUT2D eigenvalue weighted by atomic mass is 79.9. The van der Waals surface area contributed by atoms with Crippen LogP contribution in [0.2, 0.25) is 0 Å². The second-order valence-corrected chi connectivity index (χ2v) is 7.73. The molecule has 1 nitrogen and oxygen atoms in total. The highest BCUT2D eigenvalue weighted by molar-refractivity contribution is 9.11. The van der Waals surface area contributed by atoms with E-state index >= 15 is 0 Å². The van der Waals surface area contributed by atoms with Gasteiger partial charge >= 0.3 is 0 Å². The first-order valence-corrected chi connectivity index (χ1v) is 9.39. The Morgan fingerprint density at radius 3 is 2.26 bits per heavy atom. The largest absolute Gasteiger partial charge is 0.316 e. The predicted molar refractivity (Wildman–Crippen MR) is 91.2 cm³/mol. The molecule has 1 heterocycles. The maximum absolute atomic E-state index is 3.55. The zero-order chi connectivity index (χ0) is 13.8. The third-order valence-electron chi connectivity index (χ3n) is 3.38. The minimum atomic E-state index is 1.11. The molecule has 0 aromatic carbocycles. The number of hydrogen-bond acceptors (Lipinski definition) is 2. The van der Waals surface area contributed by atoms with Crippen molar-refractivity contribution in [2.24, 2.45) is 0 Å². The summed E-state index contributed by atoms with van der Waals surface area (Å²) in [6.07, 6.45) is 12.4. The molecule has 1 aromatic heterocycles. The Hall–Kier alpha value is 0.140. The van der Waals surface area contributed by atoms with Crippen molar-refractivity contribution in [3.63, 3.8) is 0 Å². The van der Waals surface area contributed by atoms with E-state index in [0.29, 0.717) is 0 Å². The van der Waals surface area contributed by atoms with E-state index in [-0.39, 0.29) is 0 Å². The molecule has 0 amide bonds. The lowest BCUT2D eigenvalue weighted by Crippen LogP contribution is -2.18. The highest BCUT2D eigenvalue weighted by Gasteiger charge is 1.97. The van der Waals surface area contributed by atoms with Crippen LogP contribution in [0.15, 0.2) is 15.9 Å². The number of halogens is 1. The van der Waals surface area contributed by atoms with Crippen molar-refractivity contribution in [2.75, 3.05) is 13.1 Å². The summed E-state index contributed by atoms with van der Waals surface area (Å²) in [5.41, 5.74) is 0. The first-order valence-electron chi connectivity index (χ1n) is 7.78. The summed E-state index contributed by atoms with van der Waals surface area (Å²) >= 11 is 5.35. The van der Waals surface area contributed by atoms with E-state index in [1.165, 1.54) is 66.6 Å². The van der Waals surface area contributed by atoms with Crippen LogP contribution < -0.4 is 5.32 Å². The standard InChI is InChI=1S/C16H28BrNS/c1-2-3-4-5-6-7-8-9-13-18-14-12-15-10-11-16(17)19-15/h10-11,18H,2-9,12-14H2,1H3. The maximum Gasteiger partial charge on any atom is 0.0701 e. The van der Waals surface area contributed by atoms with Crippen LogP contribution in [0.3, 0.4) is 0 Å². The minimum Gasteiger partial charge on any atom is -0.316 e. The molecule has 0 fully saturated rings. The maximum atomic E-state index is 3.55. The average molecular weight is 346 g/mol. The molecule has 0 unspecified atom stereocenters. The molecule has 19 heavy (non-hydrogen) atoms. The molecule has 0 aliphatic heterocycles. The van der Waals surface area contributed by atoms with Gasteiger partial charge in [-0.25, -0.2) is 0 Å². The van der Waals surface area contributed by atoms with E-state index in [1.54, 1.807) is 0 Å². The first-order chi connectivity index (χ1) is 9.33. The van der Waals surface area contributed by atoms with Gasteiger partial charge in [-0.05, 0) is 54.0 Å². The molecule has 0 bridgehead atoms. The van der Waals surface area contributed by atoms with Crippen LogP contribution >= 0.6 is 27.3 Å². The number of hydrogen-bond donors (Lipinski definition) is 1. The van der Waals surface area contributed by atoms with Gasteiger partial charge in [-0.3, -0.25) is 0 Å². The average Bonchev–Trinajstić information content (AvgIpc) is 2.82. The van der Waals surface area contributed by atoms with Crippen molar-refractivity contribution in [1.82, 2.24) is 5.32 Å². The van der Waals surface area contributed by atoms with Gasteiger partial charge in [-0.1, -0.05) is 51.9 Å². The zero-order valence-corrected chi connectivity index (χ0v) is 14.6. The topological polar surface area (TPSA) is 12.0 Å². The van der Waals surface area contributed by atoms with Crippen molar-refractivity contribution >= 4 is 27.3 Å². The van der Waals surface area contributed by atoms with Crippen LogP contribution in [0, 0.1) is 0 Å². The Bertz CT molecular complexity index is 311. The molecular weight excluding hydrogens is 318 g/mol. The van der Waals surface area contributed by atoms with Crippen molar-refractivity contribution in [3.8, 4) is 0 Å². The fraction of sp³-hybridized carbons (Fsp3) is 0.750. The monoisotopic (exact) mass is 345 g/mol. The van der Waals surface area contributed by atoms with E-state index in [9.17, 15) is 0 Å². The highest BCUT2D eigenvalue weighted by Crippen LogP contribution is 2.22. The molecule has 3 heteroatoms. The van der Waals surface area contributed by atoms with Crippen LogP contribution in [-0.4, -0.2) is 13.1 Å². The summed E-state index contributed by atoms with van der Waals surface area (Å²) in [5, 5.41) is 3.55. The van der Waals surface area contributed by atoms with Crippen molar-refractivity contribution in [3.05, 3.63) is 20.8 Å². The summed E-state index contributed by atoms with van der Waals surface area (Å²) in [4.78, 5) is 1.47. The molecule has 110 valence electrons. The molecule has 1 aromatic rings. The Kier molecular flexibility index (Phi) is 10.8. The van der Waals surface area contributed by atoms with E-state index < -0.39 is 0 Å². The zero-order valence-electron chi connectivity index (χ0n) is 12.2. The first kappa shape index (κ1) is 17.2. The summed E-state index contributed by atoms with van der Waals surface area (Å²) < 4.78 is 1.24. The SMILES string of the molecule is CCCCCCCCCCNCCc1ccc(Br)s1. The molecule has 0 spiro atoms. The van der Waals surface area contributed by atoms with Crippen molar-refractivity contribution < 1.29 is 0 Å². The van der Waals surface area contributed by atoms with Gasteiger partial charge in [0.2, 0.25) is 0 Å². The van der Waals surface area contributed by atoms with Gasteiger partial charge in [0.1, 0.15) is 0 Å². The van der Waals surface area contributed by atoms with E-state index in [0.717, 1.165) is 13.0 Å².